The van der Waals surface area contributed by atoms with Gasteiger partial charge in [-0.25, -0.2) is 4.79 Å². The van der Waals surface area contributed by atoms with E-state index in [1.54, 1.807) is 6.08 Å². The van der Waals surface area contributed by atoms with Crippen LogP contribution < -0.4 is 4.43 Å². The second kappa shape index (κ2) is 6.14. The van der Waals surface area contributed by atoms with E-state index in [2.05, 4.69) is 49.8 Å². The Morgan fingerprint density at radius 2 is 1.95 bits per heavy atom. The van der Waals surface area contributed by atoms with Crippen LogP contribution in [0.15, 0.2) is 28.7 Å². The van der Waals surface area contributed by atoms with Crippen molar-refractivity contribution in [2.45, 2.75) is 38.9 Å². The molecule has 0 aromatic heterocycles. The van der Waals surface area contributed by atoms with Gasteiger partial charge in [-0.05, 0) is 57.8 Å². The van der Waals surface area contributed by atoms with Gasteiger partial charge in [-0.2, -0.15) is 0 Å². The van der Waals surface area contributed by atoms with E-state index in [4.69, 9.17) is 9.53 Å². The Kier molecular flexibility index (Phi) is 5.21. The number of rotatable bonds is 4. The molecule has 5 heteroatoms. The summed E-state index contributed by atoms with van der Waals surface area (Å²) in [7, 11) is -1.87. The topological polar surface area (TPSA) is 46.5 Å². The minimum Gasteiger partial charge on any atom is -0.543 e. The molecule has 0 amide bonds. The fraction of sp³-hybridized carbons (Fsp3) is 0.400. The van der Waals surface area contributed by atoms with Crippen molar-refractivity contribution >= 4 is 36.3 Å². The summed E-state index contributed by atoms with van der Waals surface area (Å²) in [5, 5.41) is 8.76. The van der Waals surface area contributed by atoms with Gasteiger partial charge >= 0.3 is 5.97 Å². The van der Waals surface area contributed by atoms with E-state index in [1.165, 1.54) is 0 Å². The molecule has 0 saturated carbocycles. The van der Waals surface area contributed by atoms with E-state index < -0.39 is 14.3 Å². The van der Waals surface area contributed by atoms with Gasteiger partial charge in [-0.1, -0.05) is 26.8 Å². The molecule has 0 aliphatic carbocycles. The minimum absolute atomic E-state index is 0.133. The second-order valence-corrected chi connectivity index (χ2v) is 11.8. The standard InChI is InChI=1S/C15H21BrO3Si/c1-15(2,3)20(4,5)19-13-8-6-11(10-12(13)16)7-9-14(17)18/h6-10H,1-5H3,(H,17,18)/b9-7+. The highest BCUT2D eigenvalue weighted by Gasteiger charge is 2.39. The Hall–Kier alpha value is -1.07. The minimum atomic E-state index is -1.87. The third-order valence-corrected chi connectivity index (χ3v) is 8.51. The summed E-state index contributed by atoms with van der Waals surface area (Å²) in [4.78, 5) is 10.5. The number of benzene rings is 1. The van der Waals surface area contributed by atoms with Crippen LogP contribution in [0.4, 0.5) is 0 Å². The van der Waals surface area contributed by atoms with Crippen molar-refractivity contribution in [1.82, 2.24) is 0 Å². The van der Waals surface area contributed by atoms with Crippen molar-refractivity contribution in [2.24, 2.45) is 0 Å². The molecule has 0 unspecified atom stereocenters. The second-order valence-electron chi connectivity index (χ2n) is 6.22. The van der Waals surface area contributed by atoms with Crippen molar-refractivity contribution in [1.29, 1.82) is 0 Å². The number of carboxylic acids is 1. The summed E-state index contributed by atoms with van der Waals surface area (Å²) in [6, 6.07) is 5.60. The Morgan fingerprint density at radius 1 is 1.35 bits per heavy atom. The smallest absolute Gasteiger partial charge is 0.328 e. The largest absolute Gasteiger partial charge is 0.543 e. The van der Waals surface area contributed by atoms with E-state index in [0.29, 0.717) is 0 Å². The summed E-state index contributed by atoms with van der Waals surface area (Å²) in [5.41, 5.74) is 0.821. The zero-order chi connectivity index (χ0) is 15.6. The molecule has 20 heavy (non-hydrogen) atoms. The maximum atomic E-state index is 10.5. The Balaban J connectivity index is 2.97. The fourth-order valence-electron chi connectivity index (χ4n) is 1.30. The first-order valence-electron chi connectivity index (χ1n) is 6.42. The maximum absolute atomic E-state index is 10.5. The van der Waals surface area contributed by atoms with Gasteiger partial charge in [0, 0.05) is 6.08 Å². The van der Waals surface area contributed by atoms with E-state index >= 15 is 0 Å². The van der Waals surface area contributed by atoms with Crippen LogP contribution in [0.1, 0.15) is 26.3 Å². The molecule has 0 spiro atoms. The average Bonchev–Trinajstić information content (AvgIpc) is 2.28. The number of aliphatic carboxylic acids is 1. The average molecular weight is 357 g/mol. The molecule has 1 aromatic rings. The number of hydrogen-bond acceptors (Lipinski definition) is 2. The normalized spacial score (nSPS) is 12.7. The van der Waals surface area contributed by atoms with Crippen molar-refractivity contribution in [3.8, 4) is 5.75 Å². The van der Waals surface area contributed by atoms with Crippen LogP contribution in [-0.4, -0.2) is 19.4 Å². The van der Waals surface area contributed by atoms with Crippen LogP contribution >= 0.6 is 15.9 Å². The molecule has 1 aromatic carbocycles. The molecule has 0 heterocycles. The van der Waals surface area contributed by atoms with Crippen LogP contribution in [0.2, 0.25) is 18.1 Å². The lowest BCUT2D eigenvalue weighted by Gasteiger charge is -2.36. The van der Waals surface area contributed by atoms with Crippen LogP contribution in [-0.2, 0) is 4.79 Å². The molecule has 0 aliphatic heterocycles. The van der Waals surface area contributed by atoms with Crippen molar-refractivity contribution < 1.29 is 14.3 Å². The molecule has 0 aliphatic rings. The fourth-order valence-corrected chi connectivity index (χ4v) is 2.96. The molecule has 3 nitrogen and oxygen atoms in total. The third kappa shape index (κ3) is 4.49. The molecule has 1 N–H and O–H groups in total. The zero-order valence-electron chi connectivity index (χ0n) is 12.5. The lowest BCUT2D eigenvalue weighted by molar-refractivity contribution is -0.131. The summed E-state index contributed by atoms with van der Waals surface area (Å²) in [6.45, 7) is 11.0. The quantitative estimate of drug-likeness (QED) is 0.614. The molecular weight excluding hydrogens is 336 g/mol. The van der Waals surface area contributed by atoms with Crippen molar-refractivity contribution in [3.05, 3.63) is 34.3 Å². The van der Waals surface area contributed by atoms with Crippen LogP contribution in [0.5, 0.6) is 5.75 Å². The van der Waals surface area contributed by atoms with Crippen LogP contribution in [0.25, 0.3) is 6.08 Å². The van der Waals surface area contributed by atoms with E-state index in [1.807, 2.05) is 18.2 Å². The summed E-state index contributed by atoms with van der Waals surface area (Å²) < 4.78 is 7.07. The first kappa shape index (κ1) is 17.0. The number of halogens is 1. The van der Waals surface area contributed by atoms with Gasteiger partial charge in [0.05, 0.1) is 4.47 Å². The zero-order valence-corrected chi connectivity index (χ0v) is 15.1. The number of carbonyl (C=O) groups is 1. The summed E-state index contributed by atoms with van der Waals surface area (Å²) in [5.74, 6) is -0.146. The predicted molar refractivity (Wildman–Crippen MR) is 88.6 cm³/mol. The van der Waals surface area contributed by atoms with Crippen LogP contribution in [0.3, 0.4) is 0 Å². The van der Waals surface area contributed by atoms with Crippen molar-refractivity contribution in [3.63, 3.8) is 0 Å². The molecule has 0 fully saturated rings. The maximum Gasteiger partial charge on any atom is 0.328 e. The van der Waals surface area contributed by atoms with Gasteiger partial charge in [0.1, 0.15) is 5.75 Å². The predicted octanol–water partition coefficient (Wildman–Crippen LogP) is 4.93. The van der Waals surface area contributed by atoms with Gasteiger partial charge < -0.3 is 9.53 Å². The highest BCUT2D eigenvalue weighted by molar-refractivity contribution is 9.10. The SMILES string of the molecule is CC(C)(C)[Si](C)(C)Oc1ccc(/C=C/C(=O)O)cc1Br. The first-order chi connectivity index (χ1) is 9.03. The van der Waals surface area contributed by atoms with Crippen molar-refractivity contribution in [2.75, 3.05) is 0 Å². The molecule has 1 rings (SSSR count). The number of hydrogen-bond donors (Lipinski definition) is 1. The summed E-state index contributed by atoms with van der Waals surface area (Å²) in [6.07, 6.45) is 2.68. The first-order valence-corrected chi connectivity index (χ1v) is 10.1. The molecule has 0 saturated heterocycles. The lowest BCUT2D eigenvalue weighted by atomic mass is 10.2. The van der Waals surface area contributed by atoms with Gasteiger partial charge in [-0.15, -0.1) is 0 Å². The van der Waals surface area contributed by atoms with Gasteiger partial charge in [-0.3, -0.25) is 0 Å². The molecule has 0 radical (unpaired) electrons. The third-order valence-electron chi connectivity index (χ3n) is 3.55. The molecule has 0 bridgehead atoms. The molecular formula is C15H21BrO3Si. The Bertz CT molecular complexity index is 530. The molecule has 0 atom stereocenters. The summed E-state index contributed by atoms with van der Waals surface area (Å²) >= 11 is 3.49. The monoisotopic (exact) mass is 356 g/mol. The van der Waals surface area contributed by atoms with Gasteiger partial charge in [0.2, 0.25) is 0 Å². The Labute approximate surface area is 129 Å². The van der Waals surface area contributed by atoms with E-state index in [9.17, 15) is 4.79 Å². The highest BCUT2D eigenvalue weighted by atomic mass is 79.9. The van der Waals surface area contributed by atoms with Gasteiger partial charge in [0.25, 0.3) is 8.32 Å². The van der Waals surface area contributed by atoms with Crippen LogP contribution in [0, 0.1) is 0 Å². The molecule has 110 valence electrons. The number of carboxylic acid groups (broad SMARTS) is 1. The van der Waals surface area contributed by atoms with E-state index in [0.717, 1.165) is 21.9 Å². The van der Waals surface area contributed by atoms with E-state index in [-0.39, 0.29) is 5.04 Å². The highest BCUT2D eigenvalue weighted by Crippen LogP contribution is 2.39. The van der Waals surface area contributed by atoms with Gasteiger partial charge in [0.15, 0.2) is 0 Å². The lowest BCUT2D eigenvalue weighted by Crippen LogP contribution is -2.43. The Morgan fingerprint density at radius 3 is 2.40 bits per heavy atom.